The van der Waals surface area contributed by atoms with E-state index in [1.807, 2.05) is 0 Å². The Labute approximate surface area is 170 Å². The van der Waals surface area contributed by atoms with E-state index in [2.05, 4.69) is 26.1 Å². The van der Waals surface area contributed by atoms with Crippen molar-refractivity contribution in [3.05, 3.63) is 28.7 Å². The molecule has 1 aromatic rings. The quantitative estimate of drug-likeness (QED) is 0.638. The fourth-order valence-electron chi connectivity index (χ4n) is 3.80. The van der Waals surface area contributed by atoms with Crippen molar-refractivity contribution in [1.29, 1.82) is 0 Å². The number of halogens is 1. The molecule has 8 heteroatoms. The van der Waals surface area contributed by atoms with E-state index in [0.29, 0.717) is 37.4 Å². The van der Waals surface area contributed by atoms with Gasteiger partial charge in [-0.25, -0.2) is 8.42 Å². The summed E-state index contributed by atoms with van der Waals surface area (Å²) in [4.78, 5) is 15.1. The van der Waals surface area contributed by atoms with Crippen LogP contribution in [0.4, 0.5) is 0 Å². The number of nitrogens with zero attached hydrogens (tertiary/aromatic N) is 2. The molecule has 2 heterocycles. The SMILES string of the molecule is O=C(NCCCN1CCCC1)C1CCN(S(=O)(=O)c2cccc(Br)c2)CC1. The molecular weight excluding hydrogens is 430 g/mol. The van der Waals surface area contributed by atoms with Crippen LogP contribution in [0.1, 0.15) is 32.1 Å². The maximum Gasteiger partial charge on any atom is 0.243 e. The average molecular weight is 458 g/mol. The predicted molar refractivity (Wildman–Crippen MR) is 109 cm³/mol. The van der Waals surface area contributed by atoms with Crippen molar-refractivity contribution in [2.45, 2.75) is 37.0 Å². The van der Waals surface area contributed by atoms with Gasteiger partial charge in [0, 0.05) is 30.0 Å². The van der Waals surface area contributed by atoms with Crippen molar-refractivity contribution in [1.82, 2.24) is 14.5 Å². The van der Waals surface area contributed by atoms with Crippen LogP contribution in [0.25, 0.3) is 0 Å². The lowest BCUT2D eigenvalue weighted by Gasteiger charge is -2.30. The largest absolute Gasteiger partial charge is 0.356 e. The van der Waals surface area contributed by atoms with Crippen LogP contribution >= 0.6 is 15.9 Å². The van der Waals surface area contributed by atoms with Crippen LogP contribution in [-0.2, 0) is 14.8 Å². The second-order valence-electron chi connectivity index (χ2n) is 7.33. The molecule has 0 aliphatic carbocycles. The van der Waals surface area contributed by atoms with E-state index >= 15 is 0 Å². The zero-order valence-corrected chi connectivity index (χ0v) is 18.0. The molecule has 0 atom stereocenters. The Morgan fingerprint density at radius 1 is 1.15 bits per heavy atom. The molecule has 0 spiro atoms. The van der Waals surface area contributed by atoms with Crippen LogP contribution in [0.5, 0.6) is 0 Å². The minimum Gasteiger partial charge on any atom is -0.356 e. The third-order valence-corrected chi connectivity index (χ3v) is 7.80. The van der Waals surface area contributed by atoms with Crippen molar-refractivity contribution in [3.8, 4) is 0 Å². The summed E-state index contributed by atoms with van der Waals surface area (Å²) < 4.78 is 27.7. The Bertz CT molecular complexity index is 742. The molecule has 0 unspecified atom stereocenters. The molecule has 6 nitrogen and oxygen atoms in total. The molecular formula is C19H28BrN3O3S. The standard InChI is InChI=1S/C19H28BrN3O3S/c20-17-5-3-6-18(15-17)27(25,26)23-13-7-16(8-14-23)19(24)21-9-4-12-22-10-1-2-11-22/h3,5-6,15-16H,1-2,4,7-14H2,(H,21,24). The number of carbonyl (C=O) groups excluding carboxylic acids is 1. The second kappa shape index (κ2) is 9.49. The number of nitrogens with one attached hydrogen (secondary N) is 1. The number of sulfonamides is 1. The lowest BCUT2D eigenvalue weighted by Crippen LogP contribution is -2.43. The van der Waals surface area contributed by atoms with Crippen LogP contribution in [-0.4, -0.2) is 62.8 Å². The zero-order chi connectivity index (χ0) is 19.3. The molecule has 1 N–H and O–H groups in total. The van der Waals surface area contributed by atoms with Gasteiger partial charge < -0.3 is 10.2 Å². The fourth-order valence-corrected chi connectivity index (χ4v) is 5.87. The van der Waals surface area contributed by atoms with E-state index in [9.17, 15) is 13.2 Å². The molecule has 2 aliphatic rings. The van der Waals surface area contributed by atoms with E-state index in [4.69, 9.17) is 0 Å². The molecule has 2 fully saturated rings. The predicted octanol–water partition coefficient (Wildman–Crippen LogP) is 2.45. The normalized spacial score (nSPS) is 20.0. The monoisotopic (exact) mass is 457 g/mol. The highest BCUT2D eigenvalue weighted by Gasteiger charge is 2.32. The van der Waals surface area contributed by atoms with E-state index in [1.165, 1.54) is 30.2 Å². The molecule has 150 valence electrons. The van der Waals surface area contributed by atoms with Gasteiger partial charge in [-0.15, -0.1) is 0 Å². The maximum absolute atomic E-state index is 12.8. The number of likely N-dealkylation sites (tertiary alicyclic amines) is 1. The molecule has 1 aromatic carbocycles. The third-order valence-electron chi connectivity index (χ3n) is 5.41. The highest BCUT2D eigenvalue weighted by atomic mass is 79.9. The van der Waals surface area contributed by atoms with Gasteiger partial charge >= 0.3 is 0 Å². The van der Waals surface area contributed by atoms with Crippen LogP contribution < -0.4 is 5.32 Å². The Morgan fingerprint density at radius 3 is 2.52 bits per heavy atom. The third kappa shape index (κ3) is 5.53. The van der Waals surface area contributed by atoms with Gasteiger partial charge in [0.2, 0.25) is 15.9 Å². The summed E-state index contributed by atoms with van der Waals surface area (Å²) in [6.07, 6.45) is 4.69. The summed E-state index contributed by atoms with van der Waals surface area (Å²) in [5.74, 6) is -0.0262. The highest BCUT2D eigenvalue weighted by Crippen LogP contribution is 2.25. The summed E-state index contributed by atoms with van der Waals surface area (Å²) in [5, 5.41) is 3.03. The van der Waals surface area contributed by atoms with Gasteiger partial charge in [0.1, 0.15) is 0 Å². The van der Waals surface area contributed by atoms with Crippen LogP contribution in [0.3, 0.4) is 0 Å². The number of carbonyl (C=O) groups is 1. The number of hydrogen-bond donors (Lipinski definition) is 1. The van der Waals surface area contributed by atoms with Crippen molar-refractivity contribution < 1.29 is 13.2 Å². The van der Waals surface area contributed by atoms with Crippen molar-refractivity contribution >= 4 is 31.9 Å². The average Bonchev–Trinajstić information content (AvgIpc) is 3.19. The number of piperidine rings is 1. The van der Waals surface area contributed by atoms with Gasteiger partial charge in [-0.1, -0.05) is 22.0 Å². The van der Waals surface area contributed by atoms with Crippen molar-refractivity contribution in [3.63, 3.8) is 0 Å². The van der Waals surface area contributed by atoms with Gasteiger partial charge in [-0.2, -0.15) is 4.31 Å². The molecule has 0 aromatic heterocycles. The van der Waals surface area contributed by atoms with Gasteiger partial charge in [-0.3, -0.25) is 4.79 Å². The van der Waals surface area contributed by atoms with Crippen molar-refractivity contribution in [2.24, 2.45) is 5.92 Å². The number of rotatable bonds is 7. The first-order chi connectivity index (χ1) is 13.0. The summed E-state index contributed by atoms with van der Waals surface area (Å²) >= 11 is 3.32. The van der Waals surface area contributed by atoms with Crippen molar-refractivity contribution in [2.75, 3.05) is 39.3 Å². The topological polar surface area (TPSA) is 69.7 Å². The number of amides is 1. The first-order valence-electron chi connectivity index (χ1n) is 9.72. The van der Waals surface area contributed by atoms with Gasteiger partial charge in [-0.05, 0) is 69.9 Å². The maximum atomic E-state index is 12.8. The van der Waals surface area contributed by atoms with Crippen LogP contribution in [0.2, 0.25) is 0 Å². The minimum absolute atomic E-state index is 0.0657. The Kier molecular flexibility index (Phi) is 7.30. The molecule has 3 rings (SSSR count). The summed E-state index contributed by atoms with van der Waals surface area (Å²) in [7, 11) is -3.50. The first-order valence-corrected chi connectivity index (χ1v) is 12.0. The molecule has 0 saturated carbocycles. The van der Waals surface area contributed by atoms with E-state index in [1.54, 1.807) is 24.3 Å². The van der Waals surface area contributed by atoms with Gasteiger partial charge in [0.15, 0.2) is 0 Å². The lowest BCUT2D eigenvalue weighted by atomic mass is 9.97. The summed E-state index contributed by atoms with van der Waals surface area (Å²) in [6, 6.07) is 6.76. The van der Waals surface area contributed by atoms with E-state index in [-0.39, 0.29) is 11.8 Å². The Hall–Kier alpha value is -0.960. The molecule has 0 radical (unpaired) electrons. The molecule has 2 aliphatic heterocycles. The molecule has 2 saturated heterocycles. The van der Waals surface area contributed by atoms with Crippen LogP contribution in [0.15, 0.2) is 33.6 Å². The zero-order valence-electron chi connectivity index (χ0n) is 15.6. The van der Waals surface area contributed by atoms with Gasteiger partial charge in [0.25, 0.3) is 0 Å². The fraction of sp³-hybridized carbons (Fsp3) is 0.632. The van der Waals surface area contributed by atoms with Gasteiger partial charge in [0.05, 0.1) is 4.90 Å². The summed E-state index contributed by atoms with van der Waals surface area (Å²) in [6.45, 7) is 4.88. The lowest BCUT2D eigenvalue weighted by molar-refractivity contribution is -0.126. The number of hydrogen-bond acceptors (Lipinski definition) is 4. The van der Waals surface area contributed by atoms with Crippen LogP contribution in [0, 0.1) is 5.92 Å². The Morgan fingerprint density at radius 2 is 1.85 bits per heavy atom. The molecule has 0 bridgehead atoms. The molecule has 1 amide bonds. The summed E-state index contributed by atoms with van der Waals surface area (Å²) in [5.41, 5.74) is 0. The second-order valence-corrected chi connectivity index (χ2v) is 10.2. The van der Waals surface area contributed by atoms with E-state index in [0.717, 1.165) is 17.4 Å². The van der Waals surface area contributed by atoms with E-state index < -0.39 is 10.0 Å². The molecule has 27 heavy (non-hydrogen) atoms. The number of benzene rings is 1. The highest BCUT2D eigenvalue weighted by molar-refractivity contribution is 9.10. The first kappa shape index (κ1) is 20.8. The smallest absolute Gasteiger partial charge is 0.243 e. The Balaban J connectivity index is 1.43. The minimum atomic E-state index is -3.50.